The van der Waals surface area contributed by atoms with Gasteiger partial charge in [-0.2, -0.15) is 5.10 Å². The summed E-state index contributed by atoms with van der Waals surface area (Å²) in [7, 11) is 0. The van der Waals surface area contributed by atoms with Gasteiger partial charge in [0.25, 0.3) is 5.91 Å². The molecule has 148 valence electrons. The molecule has 0 spiro atoms. The number of hydrogen-bond donors (Lipinski definition) is 2. The first-order valence-electron chi connectivity index (χ1n) is 9.07. The molecule has 1 atom stereocenters. The maximum absolute atomic E-state index is 12.6. The molecule has 0 radical (unpaired) electrons. The lowest BCUT2D eigenvalue weighted by Crippen LogP contribution is -2.45. The van der Waals surface area contributed by atoms with Crippen LogP contribution in [0.15, 0.2) is 24.3 Å². The van der Waals surface area contributed by atoms with Crippen molar-refractivity contribution in [2.75, 3.05) is 25.0 Å². The molecule has 1 aromatic heterocycles. The van der Waals surface area contributed by atoms with Crippen LogP contribution >= 0.6 is 12.4 Å². The van der Waals surface area contributed by atoms with Crippen molar-refractivity contribution in [3.8, 4) is 5.69 Å². The molecule has 7 heteroatoms. The number of nitrogens with zero attached hydrogens (tertiary/aromatic N) is 2. The highest BCUT2D eigenvalue weighted by Gasteiger charge is 2.26. The molecule has 2 N–H and O–H groups in total. The largest absolute Gasteiger partial charge is 0.366 e. The summed E-state index contributed by atoms with van der Waals surface area (Å²) < 4.78 is 7.39. The third-order valence-electron chi connectivity index (χ3n) is 4.53. The molecule has 0 saturated carbocycles. The smallest absolute Gasteiger partial charge is 0.255 e. The summed E-state index contributed by atoms with van der Waals surface area (Å²) in [5, 5.41) is 11.0. The molecule has 2 aromatic rings. The Labute approximate surface area is 167 Å². The Morgan fingerprint density at radius 3 is 2.63 bits per heavy atom. The van der Waals surface area contributed by atoms with Gasteiger partial charge in [0.2, 0.25) is 0 Å². The van der Waals surface area contributed by atoms with Gasteiger partial charge in [0, 0.05) is 24.6 Å². The standard InChI is InChI=1S/C20H28N4O2.ClH/c1-13-6-7-15(14(2)10-13)24-18(11-17(23-24)20(3,4)5)22-19(25)16-12-21-8-9-26-16;/h6-7,10-11,16,21H,8-9,12H2,1-5H3,(H,22,25);1H. The Morgan fingerprint density at radius 1 is 1.30 bits per heavy atom. The van der Waals surface area contributed by atoms with E-state index < -0.39 is 6.10 Å². The predicted molar refractivity (Wildman–Crippen MR) is 110 cm³/mol. The Hall–Kier alpha value is -1.89. The van der Waals surface area contributed by atoms with Crippen LogP contribution in [0.3, 0.4) is 0 Å². The number of ether oxygens (including phenoxy) is 1. The van der Waals surface area contributed by atoms with Crippen molar-refractivity contribution in [1.82, 2.24) is 15.1 Å². The van der Waals surface area contributed by atoms with Crippen LogP contribution in [-0.4, -0.2) is 41.5 Å². The zero-order valence-electron chi connectivity index (χ0n) is 16.6. The second kappa shape index (κ2) is 8.42. The lowest BCUT2D eigenvalue weighted by molar-refractivity contribution is -0.128. The molecular formula is C20H29ClN4O2. The summed E-state index contributed by atoms with van der Waals surface area (Å²) in [6, 6.07) is 8.17. The minimum Gasteiger partial charge on any atom is -0.366 e. The van der Waals surface area contributed by atoms with Gasteiger partial charge in [-0.1, -0.05) is 38.5 Å². The molecule has 1 saturated heterocycles. The second-order valence-corrected chi connectivity index (χ2v) is 7.92. The molecule has 1 aliphatic rings. The molecule has 1 amide bonds. The van der Waals surface area contributed by atoms with Gasteiger partial charge in [0.05, 0.1) is 18.0 Å². The molecule has 1 aromatic carbocycles. The molecule has 6 nitrogen and oxygen atoms in total. The molecule has 0 bridgehead atoms. The van der Waals surface area contributed by atoms with E-state index in [0.717, 1.165) is 23.5 Å². The highest BCUT2D eigenvalue weighted by atomic mass is 35.5. The van der Waals surface area contributed by atoms with Crippen LogP contribution in [0.4, 0.5) is 5.82 Å². The maximum Gasteiger partial charge on any atom is 0.255 e. The van der Waals surface area contributed by atoms with Crippen LogP contribution in [-0.2, 0) is 14.9 Å². The lowest BCUT2D eigenvalue weighted by atomic mass is 9.92. The van der Waals surface area contributed by atoms with Crippen molar-refractivity contribution in [2.45, 2.75) is 46.1 Å². The summed E-state index contributed by atoms with van der Waals surface area (Å²) in [5.74, 6) is 0.518. The minimum atomic E-state index is -0.482. The van der Waals surface area contributed by atoms with Crippen molar-refractivity contribution in [2.24, 2.45) is 0 Å². The fourth-order valence-electron chi connectivity index (χ4n) is 3.00. The summed E-state index contributed by atoms with van der Waals surface area (Å²) in [5.41, 5.74) is 4.08. The number of morpholine rings is 1. The first-order valence-corrected chi connectivity index (χ1v) is 9.07. The highest BCUT2D eigenvalue weighted by molar-refractivity contribution is 5.94. The van der Waals surface area contributed by atoms with E-state index in [2.05, 4.69) is 57.4 Å². The van der Waals surface area contributed by atoms with Gasteiger partial charge in [0.1, 0.15) is 11.9 Å². The Kier molecular flexibility index (Phi) is 6.68. The summed E-state index contributed by atoms with van der Waals surface area (Å²) in [6.07, 6.45) is -0.482. The Bertz CT molecular complexity index is 805. The van der Waals surface area contributed by atoms with Gasteiger partial charge in [-0.05, 0) is 25.5 Å². The number of aryl methyl sites for hydroxylation is 2. The molecule has 1 fully saturated rings. The number of carbonyl (C=O) groups excluding carboxylic acids is 1. The quantitative estimate of drug-likeness (QED) is 0.842. The van der Waals surface area contributed by atoms with Crippen LogP contribution in [0.5, 0.6) is 0 Å². The highest BCUT2D eigenvalue weighted by Crippen LogP contribution is 2.28. The molecular weight excluding hydrogens is 364 g/mol. The number of nitrogens with one attached hydrogen (secondary N) is 2. The van der Waals surface area contributed by atoms with Gasteiger partial charge in [-0.3, -0.25) is 4.79 Å². The maximum atomic E-state index is 12.6. The summed E-state index contributed by atoms with van der Waals surface area (Å²) in [6.45, 7) is 12.3. The molecule has 2 heterocycles. The van der Waals surface area contributed by atoms with E-state index in [-0.39, 0.29) is 23.7 Å². The zero-order valence-corrected chi connectivity index (χ0v) is 17.4. The average Bonchev–Trinajstić information content (AvgIpc) is 2.99. The number of aromatic nitrogens is 2. The number of amides is 1. The third kappa shape index (κ3) is 4.89. The fourth-order valence-corrected chi connectivity index (χ4v) is 3.00. The lowest BCUT2D eigenvalue weighted by Gasteiger charge is -2.22. The van der Waals surface area contributed by atoms with E-state index in [0.29, 0.717) is 19.0 Å². The van der Waals surface area contributed by atoms with Gasteiger partial charge in [0.15, 0.2) is 0 Å². The first kappa shape index (κ1) is 21.4. The van der Waals surface area contributed by atoms with Crippen LogP contribution in [0.25, 0.3) is 5.69 Å². The SMILES string of the molecule is Cc1ccc(-n2nc(C(C)(C)C)cc2NC(=O)C2CNCCO2)c(C)c1.Cl. The zero-order chi connectivity index (χ0) is 18.9. The van der Waals surface area contributed by atoms with Gasteiger partial charge in [-0.15, -0.1) is 12.4 Å². The van der Waals surface area contributed by atoms with Crippen molar-refractivity contribution in [3.05, 3.63) is 41.1 Å². The van der Waals surface area contributed by atoms with Crippen LogP contribution in [0, 0.1) is 13.8 Å². The van der Waals surface area contributed by atoms with E-state index in [1.807, 2.05) is 16.8 Å². The molecule has 0 aliphatic carbocycles. The minimum absolute atomic E-state index is 0. The predicted octanol–water partition coefficient (Wildman–Crippen LogP) is 3.14. The van der Waals surface area contributed by atoms with Gasteiger partial charge >= 0.3 is 0 Å². The van der Waals surface area contributed by atoms with Crippen LogP contribution < -0.4 is 10.6 Å². The normalized spacial score (nSPS) is 17.3. The van der Waals surface area contributed by atoms with Gasteiger partial charge < -0.3 is 15.4 Å². The van der Waals surface area contributed by atoms with Crippen molar-refractivity contribution >= 4 is 24.1 Å². The number of benzene rings is 1. The number of carbonyl (C=O) groups is 1. The Balaban J connectivity index is 0.00000261. The van der Waals surface area contributed by atoms with E-state index in [9.17, 15) is 4.79 Å². The van der Waals surface area contributed by atoms with Crippen molar-refractivity contribution in [3.63, 3.8) is 0 Å². The Morgan fingerprint density at radius 2 is 2.04 bits per heavy atom. The first-order chi connectivity index (χ1) is 12.3. The molecule has 1 aliphatic heterocycles. The van der Waals surface area contributed by atoms with Crippen LogP contribution in [0.1, 0.15) is 37.6 Å². The van der Waals surface area contributed by atoms with Crippen molar-refractivity contribution in [1.29, 1.82) is 0 Å². The monoisotopic (exact) mass is 392 g/mol. The fraction of sp³-hybridized carbons (Fsp3) is 0.500. The molecule has 3 rings (SSSR count). The summed E-state index contributed by atoms with van der Waals surface area (Å²) >= 11 is 0. The molecule has 1 unspecified atom stereocenters. The van der Waals surface area contributed by atoms with E-state index in [1.165, 1.54) is 5.56 Å². The van der Waals surface area contributed by atoms with Crippen LogP contribution in [0.2, 0.25) is 0 Å². The number of anilines is 1. The second-order valence-electron chi connectivity index (χ2n) is 7.92. The van der Waals surface area contributed by atoms with E-state index in [4.69, 9.17) is 9.84 Å². The van der Waals surface area contributed by atoms with Gasteiger partial charge in [-0.25, -0.2) is 4.68 Å². The van der Waals surface area contributed by atoms with E-state index in [1.54, 1.807) is 0 Å². The average molecular weight is 393 g/mol. The summed E-state index contributed by atoms with van der Waals surface area (Å²) in [4.78, 5) is 12.6. The third-order valence-corrected chi connectivity index (χ3v) is 4.53. The van der Waals surface area contributed by atoms with Crippen molar-refractivity contribution < 1.29 is 9.53 Å². The number of rotatable bonds is 3. The molecule has 27 heavy (non-hydrogen) atoms. The van der Waals surface area contributed by atoms with E-state index >= 15 is 0 Å². The number of halogens is 1. The topological polar surface area (TPSA) is 68.2 Å². The number of hydrogen-bond acceptors (Lipinski definition) is 4.